The van der Waals surface area contributed by atoms with Gasteiger partial charge in [-0.15, -0.1) is 0 Å². The van der Waals surface area contributed by atoms with Crippen LogP contribution in [0.2, 0.25) is 0 Å². The summed E-state index contributed by atoms with van der Waals surface area (Å²) in [5.74, 6) is 2.55. The third-order valence-electron chi connectivity index (χ3n) is 4.90. The van der Waals surface area contributed by atoms with Gasteiger partial charge in [0.2, 0.25) is 5.95 Å². The molecule has 0 unspecified atom stereocenters. The molecule has 0 spiro atoms. The maximum Gasteiger partial charge on any atom is 0.270 e. The van der Waals surface area contributed by atoms with Crippen LogP contribution in [-0.4, -0.2) is 35.5 Å². The maximum atomic E-state index is 12.7. The van der Waals surface area contributed by atoms with E-state index >= 15 is 0 Å². The molecular weight excluding hydrogens is 340 g/mol. The summed E-state index contributed by atoms with van der Waals surface area (Å²) in [4.78, 5) is 24.2. The lowest BCUT2D eigenvalue weighted by Gasteiger charge is -2.22. The average molecular weight is 370 g/mol. The predicted octanol–water partition coefficient (Wildman–Crippen LogP) is 3.85. The van der Waals surface area contributed by atoms with Crippen LogP contribution in [0.15, 0.2) is 22.6 Å². The number of nitrogens with one attached hydrogen (secondary N) is 1. The number of aryl methyl sites for hydroxylation is 1. The van der Waals surface area contributed by atoms with Crippen LogP contribution in [0.3, 0.4) is 0 Å². The second-order valence-corrected chi connectivity index (χ2v) is 7.55. The van der Waals surface area contributed by atoms with Crippen molar-refractivity contribution in [2.45, 2.75) is 58.8 Å². The normalized spacial score (nSPS) is 15.0. The molecule has 2 aromatic rings. The zero-order valence-corrected chi connectivity index (χ0v) is 16.6. The summed E-state index contributed by atoms with van der Waals surface area (Å²) >= 11 is 0. The molecule has 146 valence electrons. The summed E-state index contributed by atoms with van der Waals surface area (Å²) in [6.07, 6.45) is 5.47. The zero-order chi connectivity index (χ0) is 19.2. The van der Waals surface area contributed by atoms with Crippen molar-refractivity contribution in [1.82, 2.24) is 15.3 Å². The zero-order valence-electron chi connectivity index (χ0n) is 16.6. The Hall–Kier alpha value is -2.37. The summed E-state index contributed by atoms with van der Waals surface area (Å²) in [5, 5.41) is 2.96. The van der Waals surface area contributed by atoms with Crippen LogP contribution in [0.4, 0.5) is 5.95 Å². The van der Waals surface area contributed by atoms with Crippen LogP contribution in [0, 0.1) is 6.92 Å². The van der Waals surface area contributed by atoms with Gasteiger partial charge >= 0.3 is 0 Å². The van der Waals surface area contributed by atoms with Crippen molar-refractivity contribution in [3.8, 4) is 0 Å². The van der Waals surface area contributed by atoms with Crippen LogP contribution in [0.25, 0.3) is 0 Å². The van der Waals surface area contributed by atoms with Gasteiger partial charge < -0.3 is 14.6 Å². The molecule has 1 saturated heterocycles. The lowest BCUT2D eigenvalue weighted by molar-refractivity contribution is 0.0948. The van der Waals surface area contributed by atoms with E-state index in [4.69, 9.17) is 9.40 Å². The highest BCUT2D eigenvalue weighted by Gasteiger charge is 2.18. The topological polar surface area (TPSA) is 71.3 Å². The van der Waals surface area contributed by atoms with Crippen LogP contribution < -0.4 is 10.2 Å². The fourth-order valence-electron chi connectivity index (χ4n) is 3.29. The molecule has 0 bridgehead atoms. The monoisotopic (exact) mass is 370 g/mol. The number of hydrogen-bond acceptors (Lipinski definition) is 5. The van der Waals surface area contributed by atoms with E-state index in [1.807, 2.05) is 25.1 Å². The van der Waals surface area contributed by atoms with Crippen LogP contribution >= 0.6 is 0 Å². The first-order valence-electron chi connectivity index (χ1n) is 10.0. The molecule has 1 N–H and O–H groups in total. The Balaban J connectivity index is 1.71. The van der Waals surface area contributed by atoms with Gasteiger partial charge in [-0.3, -0.25) is 4.79 Å². The quantitative estimate of drug-likeness (QED) is 0.836. The van der Waals surface area contributed by atoms with Gasteiger partial charge in [0.15, 0.2) is 0 Å². The molecule has 0 aliphatic carbocycles. The van der Waals surface area contributed by atoms with E-state index in [0.29, 0.717) is 24.6 Å². The van der Waals surface area contributed by atoms with Gasteiger partial charge in [0, 0.05) is 31.7 Å². The van der Waals surface area contributed by atoms with Gasteiger partial charge in [-0.05, 0) is 43.9 Å². The third kappa shape index (κ3) is 5.31. The minimum absolute atomic E-state index is 0.154. The Bertz CT molecular complexity index is 761. The largest absolute Gasteiger partial charge is 0.466 e. The number of rotatable bonds is 6. The first-order chi connectivity index (χ1) is 13.0. The van der Waals surface area contributed by atoms with Crippen LogP contribution in [-0.2, 0) is 6.42 Å². The van der Waals surface area contributed by atoms with Gasteiger partial charge in [-0.25, -0.2) is 9.97 Å². The molecule has 0 atom stereocenters. The van der Waals surface area contributed by atoms with Gasteiger partial charge in [-0.2, -0.15) is 0 Å². The predicted molar refractivity (Wildman–Crippen MR) is 106 cm³/mol. The highest BCUT2D eigenvalue weighted by atomic mass is 16.3. The summed E-state index contributed by atoms with van der Waals surface area (Å²) in [6.45, 7) is 8.54. The third-order valence-corrected chi connectivity index (χ3v) is 4.90. The standard InChI is InChI=1S/C21H30N4O2/c1-15(2)18-14-19(20(26)22-11-10-17-9-8-16(3)27-17)24-21(23-18)25-12-6-4-5-7-13-25/h8-9,14-15H,4-7,10-13H2,1-3H3,(H,22,26). The van der Waals surface area contributed by atoms with Crippen molar-refractivity contribution in [1.29, 1.82) is 0 Å². The summed E-state index contributed by atoms with van der Waals surface area (Å²) < 4.78 is 5.55. The number of carbonyl (C=O) groups is 1. The molecule has 1 aliphatic heterocycles. The lowest BCUT2D eigenvalue weighted by atomic mass is 10.1. The first kappa shape index (κ1) is 19.4. The average Bonchev–Trinajstić information content (AvgIpc) is 2.90. The Morgan fingerprint density at radius 1 is 1.19 bits per heavy atom. The number of carbonyl (C=O) groups excluding carboxylic acids is 1. The molecule has 3 rings (SSSR count). The van der Waals surface area contributed by atoms with E-state index < -0.39 is 0 Å². The van der Waals surface area contributed by atoms with E-state index in [2.05, 4.69) is 29.0 Å². The molecule has 2 aromatic heterocycles. The van der Waals surface area contributed by atoms with Crippen molar-refractivity contribution in [2.75, 3.05) is 24.5 Å². The number of nitrogens with zero attached hydrogens (tertiary/aromatic N) is 3. The summed E-state index contributed by atoms with van der Waals surface area (Å²) in [5.41, 5.74) is 1.36. The van der Waals surface area contributed by atoms with Crippen LogP contribution in [0.5, 0.6) is 0 Å². The summed E-state index contributed by atoms with van der Waals surface area (Å²) in [6, 6.07) is 5.70. The molecule has 1 amide bonds. The Labute approximate surface area is 161 Å². The Kier molecular flexibility index (Phi) is 6.48. The highest BCUT2D eigenvalue weighted by molar-refractivity contribution is 5.92. The molecule has 6 heteroatoms. The Morgan fingerprint density at radius 2 is 1.93 bits per heavy atom. The minimum Gasteiger partial charge on any atom is -0.466 e. The smallest absolute Gasteiger partial charge is 0.270 e. The van der Waals surface area contributed by atoms with Gasteiger partial charge in [-0.1, -0.05) is 26.7 Å². The highest BCUT2D eigenvalue weighted by Crippen LogP contribution is 2.20. The maximum absolute atomic E-state index is 12.7. The second kappa shape index (κ2) is 9.02. The number of hydrogen-bond donors (Lipinski definition) is 1. The number of furan rings is 1. The number of amides is 1. The number of aromatic nitrogens is 2. The molecule has 0 aromatic carbocycles. The molecule has 0 saturated carbocycles. The minimum atomic E-state index is -0.154. The SMILES string of the molecule is Cc1ccc(CCNC(=O)c2cc(C(C)C)nc(N3CCCCCC3)n2)o1. The Morgan fingerprint density at radius 3 is 2.56 bits per heavy atom. The molecule has 27 heavy (non-hydrogen) atoms. The van der Waals surface area contributed by atoms with Crippen molar-refractivity contribution >= 4 is 11.9 Å². The first-order valence-corrected chi connectivity index (χ1v) is 10.0. The number of anilines is 1. The van der Waals surface area contributed by atoms with Gasteiger partial charge in [0.05, 0.1) is 0 Å². The van der Waals surface area contributed by atoms with Gasteiger partial charge in [0.1, 0.15) is 17.2 Å². The fraction of sp³-hybridized carbons (Fsp3) is 0.571. The van der Waals surface area contributed by atoms with Crippen LogP contribution in [0.1, 0.15) is 73.2 Å². The molecule has 1 fully saturated rings. The van der Waals surface area contributed by atoms with E-state index in [1.165, 1.54) is 12.8 Å². The van der Waals surface area contributed by atoms with E-state index in [1.54, 1.807) is 0 Å². The molecule has 3 heterocycles. The second-order valence-electron chi connectivity index (χ2n) is 7.55. The van der Waals surface area contributed by atoms with Crippen molar-refractivity contribution < 1.29 is 9.21 Å². The molecule has 0 radical (unpaired) electrons. The lowest BCUT2D eigenvalue weighted by Crippen LogP contribution is -2.30. The molecular formula is C21H30N4O2. The van der Waals surface area contributed by atoms with E-state index in [-0.39, 0.29) is 11.8 Å². The van der Waals surface area contributed by atoms with Crippen molar-refractivity contribution in [3.63, 3.8) is 0 Å². The van der Waals surface area contributed by atoms with Gasteiger partial charge in [0.25, 0.3) is 5.91 Å². The van der Waals surface area contributed by atoms with Crippen molar-refractivity contribution in [2.24, 2.45) is 0 Å². The van der Waals surface area contributed by atoms with E-state index in [0.717, 1.165) is 43.1 Å². The van der Waals surface area contributed by atoms with Crippen molar-refractivity contribution in [3.05, 3.63) is 41.1 Å². The summed E-state index contributed by atoms with van der Waals surface area (Å²) in [7, 11) is 0. The molecule has 6 nitrogen and oxygen atoms in total. The molecule has 1 aliphatic rings. The fourth-order valence-corrected chi connectivity index (χ4v) is 3.29. The van der Waals surface area contributed by atoms with E-state index in [9.17, 15) is 4.79 Å².